The van der Waals surface area contributed by atoms with Crippen molar-refractivity contribution in [3.63, 3.8) is 0 Å². The molecule has 0 aliphatic rings. The minimum Gasteiger partial charge on any atom is -0.347 e. The molecule has 0 spiro atoms. The van der Waals surface area contributed by atoms with Crippen LogP contribution in [-0.4, -0.2) is 35.3 Å². The Morgan fingerprint density at radius 2 is 1.53 bits per heavy atom. The van der Waals surface area contributed by atoms with Crippen molar-refractivity contribution >= 4 is 29.7 Å². The van der Waals surface area contributed by atoms with E-state index >= 15 is 0 Å². The van der Waals surface area contributed by atoms with Crippen molar-refractivity contribution in [1.29, 1.82) is 0 Å². The summed E-state index contributed by atoms with van der Waals surface area (Å²) in [6, 6.07) is 14.2. The highest BCUT2D eigenvalue weighted by atomic mass is 19.1. The Hall–Kier alpha value is -3.55. The molecule has 0 amide bonds. The van der Waals surface area contributed by atoms with Gasteiger partial charge in [0, 0.05) is 19.8 Å². The van der Waals surface area contributed by atoms with Crippen LogP contribution in [0.2, 0.25) is 0 Å². The van der Waals surface area contributed by atoms with E-state index in [1.165, 1.54) is 17.7 Å². The molecule has 2 N–H and O–H groups in total. The van der Waals surface area contributed by atoms with E-state index in [-0.39, 0.29) is 11.2 Å². The molecule has 0 unspecified atom stereocenters. The van der Waals surface area contributed by atoms with Gasteiger partial charge in [0.05, 0.1) is 6.21 Å². The van der Waals surface area contributed by atoms with Crippen LogP contribution in [0.1, 0.15) is 31.9 Å². The average molecular weight is 407 g/mol. The third-order valence-corrected chi connectivity index (χ3v) is 4.28. The van der Waals surface area contributed by atoms with Gasteiger partial charge in [-0.15, -0.1) is 0 Å². The second kappa shape index (κ2) is 8.86. The first-order valence-corrected chi connectivity index (χ1v) is 9.56. The average Bonchev–Trinajstić information content (AvgIpc) is 2.69. The number of hydrazone groups is 1. The molecule has 0 saturated heterocycles. The van der Waals surface area contributed by atoms with Crippen LogP contribution in [0.3, 0.4) is 0 Å². The van der Waals surface area contributed by atoms with Gasteiger partial charge in [0.1, 0.15) is 5.82 Å². The number of anilines is 4. The van der Waals surface area contributed by atoms with E-state index < -0.39 is 0 Å². The van der Waals surface area contributed by atoms with Crippen molar-refractivity contribution in [1.82, 2.24) is 15.0 Å². The minimum atomic E-state index is -0.308. The first-order chi connectivity index (χ1) is 14.2. The molecule has 156 valence electrons. The monoisotopic (exact) mass is 407 g/mol. The van der Waals surface area contributed by atoms with Crippen molar-refractivity contribution in [3.05, 3.63) is 65.5 Å². The molecule has 0 aliphatic carbocycles. The van der Waals surface area contributed by atoms with Gasteiger partial charge in [0.25, 0.3) is 0 Å². The molecule has 2 aromatic carbocycles. The van der Waals surface area contributed by atoms with Gasteiger partial charge >= 0.3 is 0 Å². The van der Waals surface area contributed by atoms with Crippen molar-refractivity contribution in [3.8, 4) is 0 Å². The maximum atomic E-state index is 13.1. The fraction of sp³-hybridized carbons (Fsp3) is 0.273. The molecule has 7 nitrogen and oxygen atoms in total. The van der Waals surface area contributed by atoms with Crippen molar-refractivity contribution < 1.29 is 4.39 Å². The highest BCUT2D eigenvalue weighted by molar-refractivity contribution is 5.80. The first kappa shape index (κ1) is 21.2. The molecule has 0 bridgehead atoms. The van der Waals surface area contributed by atoms with E-state index in [1.807, 2.05) is 26.2 Å². The standard InChI is InChI=1S/C22H26FN7/c1-22(2,3)16-8-6-15(7-9-16)14-24-29-20-26-19(27-21(28-20)30(4)5)25-18-12-10-17(23)11-13-18/h6-14H,1-5H3,(H2,25,26,27,28,29). The number of benzene rings is 2. The second-order valence-corrected chi connectivity index (χ2v) is 8.05. The van der Waals surface area contributed by atoms with Gasteiger partial charge in [-0.2, -0.15) is 20.1 Å². The molecule has 1 heterocycles. The van der Waals surface area contributed by atoms with E-state index in [0.29, 0.717) is 23.5 Å². The molecule has 30 heavy (non-hydrogen) atoms. The van der Waals surface area contributed by atoms with Crippen LogP contribution in [-0.2, 0) is 5.41 Å². The van der Waals surface area contributed by atoms with Crippen LogP contribution in [0.25, 0.3) is 0 Å². The van der Waals surface area contributed by atoms with E-state index in [9.17, 15) is 4.39 Å². The lowest BCUT2D eigenvalue weighted by atomic mass is 9.87. The van der Waals surface area contributed by atoms with Crippen molar-refractivity contribution in [2.75, 3.05) is 29.7 Å². The Morgan fingerprint density at radius 1 is 0.900 bits per heavy atom. The molecule has 8 heteroatoms. The smallest absolute Gasteiger partial charge is 0.250 e. The molecule has 0 aliphatic heterocycles. The molecule has 0 saturated carbocycles. The summed E-state index contributed by atoms with van der Waals surface area (Å²) < 4.78 is 13.1. The summed E-state index contributed by atoms with van der Waals surface area (Å²) in [5.41, 5.74) is 5.84. The molecule has 3 aromatic rings. The minimum absolute atomic E-state index is 0.106. The molecule has 0 fully saturated rings. The normalized spacial score (nSPS) is 11.5. The molecule has 1 aromatic heterocycles. The van der Waals surface area contributed by atoms with E-state index in [1.54, 1.807) is 23.2 Å². The van der Waals surface area contributed by atoms with Gasteiger partial charge in [-0.3, -0.25) is 0 Å². The fourth-order valence-electron chi connectivity index (χ4n) is 2.57. The van der Waals surface area contributed by atoms with Crippen LogP contribution in [0.15, 0.2) is 53.6 Å². The molecule has 3 rings (SSSR count). The number of nitrogens with one attached hydrogen (secondary N) is 2. The SMILES string of the molecule is CN(C)c1nc(NN=Cc2ccc(C(C)(C)C)cc2)nc(Nc2ccc(F)cc2)n1. The molecule has 0 radical (unpaired) electrons. The maximum Gasteiger partial charge on any atom is 0.250 e. The van der Waals surface area contributed by atoms with Crippen LogP contribution in [0, 0.1) is 5.82 Å². The predicted octanol–water partition coefficient (Wildman–Crippen LogP) is 4.56. The van der Waals surface area contributed by atoms with Crippen molar-refractivity contribution in [2.45, 2.75) is 26.2 Å². The number of aromatic nitrogens is 3. The summed E-state index contributed by atoms with van der Waals surface area (Å²) >= 11 is 0. The lowest BCUT2D eigenvalue weighted by Gasteiger charge is -2.18. The van der Waals surface area contributed by atoms with Gasteiger partial charge in [0.15, 0.2) is 0 Å². The number of halogens is 1. The van der Waals surface area contributed by atoms with E-state index in [0.717, 1.165) is 5.56 Å². The topological polar surface area (TPSA) is 78.3 Å². The van der Waals surface area contributed by atoms with E-state index in [4.69, 9.17) is 0 Å². The largest absolute Gasteiger partial charge is 0.347 e. The Morgan fingerprint density at radius 3 is 2.13 bits per heavy atom. The van der Waals surface area contributed by atoms with Crippen LogP contribution in [0.4, 0.5) is 27.9 Å². The molecular formula is C22H26FN7. The Kier molecular flexibility index (Phi) is 6.25. The van der Waals surface area contributed by atoms with Crippen molar-refractivity contribution in [2.24, 2.45) is 5.10 Å². The summed E-state index contributed by atoms with van der Waals surface area (Å²) in [5, 5.41) is 7.29. The predicted molar refractivity (Wildman–Crippen MR) is 120 cm³/mol. The number of nitrogens with zero attached hydrogens (tertiary/aromatic N) is 5. The van der Waals surface area contributed by atoms with Gasteiger partial charge in [-0.25, -0.2) is 9.82 Å². The van der Waals surface area contributed by atoms with Crippen LogP contribution in [0.5, 0.6) is 0 Å². The fourth-order valence-corrected chi connectivity index (χ4v) is 2.57. The zero-order chi connectivity index (χ0) is 21.7. The maximum absolute atomic E-state index is 13.1. The summed E-state index contributed by atoms with van der Waals surface area (Å²) in [4.78, 5) is 14.8. The summed E-state index contributed by atoms with van der Waals surface area (Å²) in [5.74, 6) is 0.771. The Bertz CT molecular complexity index is 1010. The summed E-state index contributed by atoms with van der Waals surface area (Å²) in [7, 11) is 3.67. The first-order valence-electron chi connectivity index (χ1n) is 9.56. The third-order valence-electron chi connectivity index (χ3n) is 4.28. The lowest BCUT2D eigenvalue weighted by Crippen LogP contribution is -2.15. The second-order valence-electron chi connectivity index (χ2n) is 8.05. The summed E-state index contributed by atoms with van der Waals surface area (Å²) in [6.07, 6.45) is 1.71. The quantitative estimate of drug-likeness (QED) is 0.461. The van der Waals surface area contributed by atoms with Crippen LogP contribution >= 0.6 is 0 Å². The third kappa shape index (κ3) is 5.73. The number of hydrogen-bond donors (Lipinski definition) is 2. The van der Waals surface area contributed by atoms with Gasteiger partial charge in [-0.05, 0) is 40.8 Å². The van der Waals surface area contributed by atoms with Crippen LogP contribution < -0.4 is 15.6 Å². The zero-order valence-electron chi connectivity index (χ0n) is 17.8. The molecule has 0 atom stereocenters. The van der Waals surface area contributed by atoms with Gasteiger partial charge in [0.2, 0.25) is 17.8 Å². The highest BCUT2D eigenvalue weighted by Gasteiger charge is 2.12. The Balaban J connectivity index is 1.75. The van der Waals surface area contributed by atoms with E-state index in [2.05, 4.69) is 63.7 Å². The molecular weight excluding hydrogens is 381 g/mol. The highest BCUT2D eigenvalue weighted by Crippen LogP contribution is 2.22. The number of rotatable bonds is 6. The van der Waals surface area contributed by atoms with Gasteiger partial charge in [-0.1, -0.05) is 45.0 Å². The zero-order valence-corrected chi connectivity index (χ0v) is 17.8. The number of hydrogen-bond acceptors (Lipinski definition) is 7. The van der Waals surface area contributed by atoms with Gasteiger partial charge < -0.3 is 10.2 Å². The lowest BCUT2D eigenvalue weighted by molar-refractivity contribution is 0.590. The summed E-state index contributed by atoms with van der Waals surface area (Å²) in [6.45, 7) is 6.54. The Labute approximate surface area is 176 Å².